The summed E-state index contributed by atoms with van der Waals surface area (Å²) in [6.45, 7) is 4.06. The molecular weight excluding hydrogens is 342 g/mol. The van der Waals surface area contributed by atoms with E-state index in [4.69, 9.17) is 4.99 Å². The smallest absolute Gasteiger partial charge is 0.224 e. The van der Waals surface area contributed by atoms with Crippen molar-refractivity contribution in [2.45, 2.75) is 26.3 Å². The standard InChI is InChI=1S/C21H23N3OS/c1-15-14-24(3)21(26-15)23-19-12-8-7-11-18(19)13-20(25)22-16(2)17-9-5-4-6-10-17/h4-12,14,16H,13H2,1-3H3,(H,22,25). The van der Waals surface area contributed by atoms with E-state index in [-0.39, 0.29) is 11.9 Å². The molecule has 4 nitrogen and oxygen atoms in total. The Morgan fingerprint density at radius 3 is 2.54 bits per heavy atom. The molecule has 0 bridgehead atoms. The Labute approximate surface area is 157 Å². The predicted octanol–water partition coefficient (Wildman–Crippen LogP) is 4.05. The van der Waals surface area contributed by atoms with Crippen LogP contribution in [0.5, 0.6) is 0 Å². The topological polar surface area (TPSA) is 46.4 Å². The van der Waals surface area contributed by atoms with Crippen LogP contribution >= 0.6 is 11.3 Å². The summed E-state index contributed by atoms with van der Waals surface area (Å²) in [5, 5.41) is 3.07. The molecule has 3 rings (SSSR count). The van der Waals surface area contributed by atoms with Crippen LogP contribution in [0.15, 0.2) is 65.8 Å². The van der Waals surface area contributed by atoms with Crippen LogP contribution in [0.4, 0.5) is 5.69 Å². The minimum atomic E-state index is -0.0226. The van der Waals surface area contributed by atoms with Crippen molar-refractivity contribution < 1.29 is 4.79 Å². The molecule has 26 heavy (non-hydrogen) atoms. The number of carbonyl (C=O) groups is 1. The zero-order valence-electron chi connectivity index (χ0n) is 15.3. The normalized spacial score (nSPS) is 12.8. The van der Waals surface area contributed by atoms with Crippen molar-refractivity contribution in [3.05, 3.63) is 81.6 Å². The van der Waals surface area contributed by atoms with Gasteiger partial charge in [0.25, 0.3) is 0 Å². The second-order valence-electron chi connectivity index (χ2n) is 6.35. The monoisotopic (exact) mass is 365 g/mol. The maximum Gasteiger partial charge on any atom is 0.224 e. The van der Waals surface area contributed by atoms with Crippen LogP contribution in [0.1, 0.15) is 29.0 Å². The fraction of sp³-hybridized carbons (Fsp3) is 0.238. The van der Waals surface area contributed by atoms with Crippen LogP contribution in [0.2, 0.25) is 0 Å². The molecule has 1 amide bonds. The number of amides is 1. The van der Waals surface area contributed by atoms with Gasteiger partial charge in [-0.05, 0) is 31.0 Å². The van der Waals surface area contributed by atoms with Gasteiger partial charge < -0.3 is 9.88 Å². The highest BCUT2D eigenvalue weighted by Gasteiger charge is 2.12. The number of aryl methyl sites for hydroxylation is 2. The Kier molecular flexibility index (Phi) is 5.68. The molecule has 0 spiro atoms. The Morgan fingerprint density at radius 2 is 1.85 bits per heavy atom. The number of aromatic nitrogens is 1. The van der Waals surface area contributed by atoms with Crippen molar-refractivity contribution in [2.75, 3.05) is 0 Å². The van der Waals surface area contributed by atoms with Gasteiger partial charge in [-0.3, -0.25) is 4.79 Å². The van der Waals surface area contributed by atoms with Crippen molar-refractivity contribution in [1.29, 1.82) is 0 Å². The van der Waals surface area contributed by atoms with E-state index in [1.54, 1.807) is 11.3 Å². The van der Waals surface area contributed by atoms with E-state index in [9.17, 15) is 4.79 Å². The first-order chi connectivity index (χ1) is 12.5. The number of rotatable bonds is 5. The zero-order valence-corrected chi connectivity index (χ0v) is 16.1. The van der Waals surface area contributed by atoms with Crippen molar-refractivity contribution in [3.8, 4) is 0 Å². The maximum absolute atomic E-state index is 12.5. The quantitative estimate of drug-likeness (QED) is 0.728. The van der Waals surface area contributed by atoms with E-state index in [1.807, 2.05) is 73.1 Å². The lowest BCUT2D eigenvalue weighted by atomic mass is 10.1. The van der Waals surface area contributed by atoms with Crippen LogP contribution in [0.3, 0.4) is 0 Å². The van der Waals surface area contributed by atoms with Gasteiger partial charge in [-0.15, -0.1) is 11.3 Å². The third-order valence-electron chi connectivity index (χ3n) is 4.17. The molecule has 134 valence electrons. The van der Waals surface area contributed by atoms with Gasteiger partial charge in [-0.25, -0.2) is 4.99 Å². The third kappa shape index (κ3) is 4.49. The number of nitrogens with one attached hydrogen (secondary N) is 1. The summed E-state index contributed by atoms with van der Waals surface area (Å²) in [5.41, 5.74) is 2.86. The molecule has 1 N–H and O–H groups in total. The summed E-state index contributed by atoms with van der Waals surface area (Å²) in [7, 11) is 1.99. The summed E-state index contributed by atoms with van der Waals surface area (Å²) in [6.07, 6.45) is 2.37. The molecule has 0 aliphatic rings. The molecule has 1 heterocycles. The van der Waals surface area contributed by atoms with E-state index in [0.717, 1.165) is 21.6 Å². The summed E-state index contributed by atoms with van der Waals surface area (Å²) in [4.78, 5) is 19.4. The lowest BCUT2D eigenvalue weighted by Crippen LogP contribution is -2.28. The number of hydrogen-bond donors (Lipinski definition) is 1. The molecule has 0 saturated heterocycles. The van der Waals surface area contributed by atoms with Crippen LogP contribution in [-0.4, -0.2) is 10.5 Å². The summed E-state index contributed by atoms with van der Waals surface area (Å²) >= 11 is 1.64. The summed E-state index contributed by atoms with van der Waals surface area (Å²) in [6, 6.07) is 17.8. The minimum Gasteiger partial charge on any atom is -0.349 e. The Bertz CT molecular complexity index is 957. The van der Waals surface area contributed by atoms with Crippen LogP contribution < -0.4 is 10.1 Å². The van der Waals surface area contributed by atoms with Crippen molar-refractivity contribution in [2.24, 2.45) is 12.0 Å². The van der Waals surface area contributed by atoms with E-state index in [2.05, 4.69) is 18.4 Å². The molecule has 5 heteroatoms. The highest BCUT2D eigenvalue weighted by atomic mass is 32.1. The fourth-order valence-electron chi connectivity index (χ4n) is 2.83. The van der Waals surface area contributed by atoms with Gasteiger partial charge in [0.1, 0.15) is 0 Å². The SMILES string of the molecule is Cc1cn(C)c(=Nc2ccccc2CC(=O)NC(C)c2ccccc2)s1. The summed E-state index contributed by atoms with van der Waals surface area (Å²) < 4.78 is 2.01. The molecule has 0 aliphatic carbocycles. The molecule has 1 unspecified atom stereocenters. The van der Waals surface area contributed by atoms with Crippen LogP contribution in [-0.2, 0) is 18.3 Å². The van der Waals surface area contributed by atoms with Crippen LogP contribution in [0.25, 0.3) is 0 Å². The van der Waals surface area contributed by atoms with Gasteiger partial charge in [-0.2, -0.15) is 0 Å². The fourth-order valence-corrected chi connectivity index (χ4v) is 3.67. The molecule has 0 radical (unpaired) electrons. The highest BCUT2D eigenvalue weighted by molar-refractivity contribution is 7.09. The van der Waals surface area contributed by atoms with Gasteiger partial charge in [-0.1, -0.05) is 48.5 Å². The number of carbonyl (C=O) groups excluding carboxylic acids is 1. The van der Waals surface area contributed by atoms with Crippen molar-refractivity contribution >= 4 is 22.9 Å². The average molecular weight is 366 g/mol. The van der Waals surface area contributed by atoms with Gasteiger partial charge in [0.05, 0.1) is 18.2 Å². The molecule has 0 aliphatic heterocycles. The Morgan fingerprint density at radius 1 is 1.15 bits per heavy atom. The molecule has 1 aromatic heterocycles. The van der Waals surface area contributed by atoms with E-state index < -0.39 is 0 Å². The number of thiazole rings is 1. The number of benzene rings is 2. The van der Waals surface area contributed by atoms with Crippen molar-refractivity contribution in [1.82, 2.24) is 9.88 Å². The lowest BCUT2D eigenvalue weighted by Gasteiger charge is -2.14. The first kappa shape index (κ1) is 18.1. The second kappa shape index (κ2) is 8.15. The van der Waals surface area contributed by atoms with Gasteiger partial charge in [0.2, 0.25) is 5.91 Å². The second-order valence-corrected chi connectivity index (χ2v) is 7.57. The molecule has 0 fully saturated rings. The lowest BCUT2D eigenvalue weighted by molar-refractivity contribution is -0.121. The zero-order chi connectivity index (χ0) is 18.5. The number of nitrogens with zero attached hydrogens (tertiary/aromatic N) is 2. The minimum absolute atomic E-state index is 0.00395. The van der Waals surface area contributed by atoms with Gasteiger partial charge in [0.15, 0.2) is 4.80 Å². The van der Waals surface area contributed by atoms with Gasteiger partial charge in [0, 0.05) is 18.1 Å². The van der Waals surface area contributed by atoms with Crippen LogP contribution in [0, 0.1) is 6.92 Å². The predicted molar refractivity (Wildman–Crippen MR) is 106 cm³/mol. The largest absolute Gasteiger partial charge is 0.349 e. The number of para-hydroxylation sites is 1. The molecule has 3 aromatic rings. The van der Waals surface area contributed by atoms with E-state index in [1.165, 1.54) is 4.88 Å². The first-order valence-corrected chi connectivity index (χ1v) is 9.44. The number of hydrogen-bond acceptors (Lipinski definition) is 3. The van der Waals surface area contributed by atoms with Crippen molar-refractivity contribution in [3.63, 3.8) is 0 Å². The average Bonchev–Trinajstić information content (AvgIpc) is 2.94. The third-order valence-corrected chi connectivity index (χ3v) is 5.15. The van der Waals surface area contributed by atoms with E-state index >= 15 is 0 Å². The molecule has 2 aromatic carbocycles. The maximum atomic E-state index is 12.5. The van der Waals surface area contributed by atoms with E-state index in [0.29, 0.717) is 6.42 Å². The Hall–Kier alpha value is -2.66. The Balaban J connectivity index is 1.77. The molecule has 1 atom stereocenters. The first-order valence-electron chi connectivity index (χ1n) is 8.63. The summed E-state index contributed by atoms with van der Waals surface area (Å²) in [5.74, 6) is -0.00395. The molecular formula is C21H23N3OS. The highest BCUT2D eigenvalue weighted by Crippen LogP contribution is 2.20. The van der Waals surface area contributed by atoms with Gasteiger partial charge >= 0.3 is 0 Å². The molecule has 0 saturated carbocycles.